The molecule has 1 aromatic rings. The third-order valence-corrected chi connectivity index (χ3v) is 3.18. The third-order valence-electron chi connectivity index (χ3n) is 3.18. The van der Waals surface area contributed by atoms with Gasteiger partial charge in [-0.3, -0.25) is 9.59 Å². The fourth-order valence-corrected chi connectivity index (χ4v) is 2.12. The van der Waals surface area contributed by atoms with Crippen LogP contribution in [0.5, 0.6) is 0 Å². The number of hydrogen-bond donors (Lipinski definition) is 0. The molecule has 0 bridgehead atoms. The molecule has 0 aliphatic heterocycles. The summed E-state index contributed by atoms with van der Waals surface area (Å²) in [5.74, 6) is 0.00413. The average Bonchev–Trinajstić information content (AvgIpc) is 3.07. The van der Waals surface area contributed by atoms with E-state index in [1.54, 1.807) is 0 Å². The Kier molecular flexibility index (Phi) is 3.74. The molecule has 1 fully saturated rings. The summed E-state index contributed by atoms with van der Waals surface area (Å²) >= 11 is 0. The number of carbonyl (C=O) groups excluding carboxylic acids is 2. The molecule has 0 N–H and O–H groups in total. The number of hydrogen-bond acceptors (Lipinski definition) is 3. The fourth-order valence-electron chi connectivity index (χ4n) is 2.12. The molecule has 3 nitrogen and oxygen atoms in total. The number of ether oxygens (including phenoxy) is 1. The van der Waals surface area contributed by atoms with E-state index in [0.29, 0.717) is 6.42 Å². The summed E-state index contributed by atoms with van der Waals surface area (Å²) in [7, 11) is 0. The van der Waals surface area contributed by atoms with Crippen molar-refractivity contribution >= 4 is 11.8 Å². The van der Waals surface area contributed by atoms with Gasteiger partial charge in [-0.2, -0.15) is 0 Å². The summed E-state index contributed by atoms with van der Waals surface area (Å²) in [6.45, 7) is 5.58. The van der Waals surface area contributed by atoms with Crippen molar-refractivity contribution in [3.8, 4) is 0 Å². The zero-order valence-electron chi connectivity index (χ0n) is 11.7. The molecule has 0 aromatic heterocycles. The maximum Gasteiger partial charge on any atom is 0.309 e. The molecule has 0 radical (unpaired) electrons. The SMILES string of the molecule is CC(C)(C)OC(=O)[C@@H]1C[C@@H]1CC(=O)c1ccccc1. The van der Waals surface area contributed by atoms with Gasteiger partial charge in [-0.15, -0.1) is 0 Å². The Hall–Kier alpha value is -1.64. The monoisotopic (exact) mass is 260 g/mol. The first kappa shape index (κ1) is 13.8. The van der Waals surface area contributed by atoms with Crippen molar-refractivity contribution in [1.82, 2.24) is 0 Å². The summed E-state index contributed by atoms with van der Waals surface area (Å²) in [5.41, 5.74) is 0.269. The predicted molar refractivity (Wildman–Crippen MR) is 72.8 cm³/mol. The zero-order chi connectivity index (χ0) is 14.0. The molecule has 1 saturated carbocycles. The van der Waals surface area contributed by atoms with Crippen LogP contribution < -0.4 is 0 Å². The van der Waals surface area contributed by atoms with Gasteiger partial charge in [0.2, 0.25) is 0 Å². The lowest BCUT2D eigenvalue weighted by atomic mass is 10.1. The highest BCUT2D eigenvalue weighted by Gasteiger charge is 2.46. The van der Waals surface area contributed by atoms with Crippen molar-refractivity contribution in [1.29, 1.82) is 0 Å². The van der Waals surface area contributed by atoms with Crippen molar-refractivity contribution < 1.29 is 14.3 Å². The predicted octanol–water partition coefficient (Wildman–Crippen LogP) is 3.24. The summed E-state index contributed by atoms with van der Waals surface area (Å²) in [6, 6.07) is 9.22. The Bertz CT molecular complexity index is 471. The minimum atomic E-state index is -0.451. The van der Waals surface area contributed by atoms with Gasteiger partial charge in [-0.1, -0.05) is 30.3 Å². The molecule has 1 aliphatic rings. The standard InChI is InChI=1S/C16H20O3/c1-16(2,3)19-15(18)13-9-12(13)10-14(17)11-7-5-4-6-8-11/h4-8,12-13H,9-10H2,1-3H3/t12-,13-/m1/s1. The van der Waals surface area contributed by atoms with E-state index in [1.807, 2.05) is 51.1 Å². The molecule has 0 heterocycles. The van der Waals surface area contributed by atoms with Crippen LogP contribution in [0, 0.1) is 11.8 Å². The van der Waals surface area contributed by atoms with Crippen LogP contribution in [0.25, 0.3) is 0 Å². The number of Topliss-reactive ketones (excluding diaryl/α,β-unsaturated/α-hetero) is 1. The van der Waals surface area contributed by atoms with E-state index in [-0.39, 0.29) is 23.6 Å². The second-order valence-electron chi connectivity index (χ2n) is 6.13. The van der Waals surface area contributed by atoms with Crippen LogP contribution in [-0.2, 0) is 9.53 Å². The first-order valence-corrected chi connectivity index (χ1v) is 6.68. The largest absolute Gasteiger partial charge is 0.460 e. The van der Waals surface area contributed by atoms with Gasteiger partial charge in [0.25, 0.3) is 0 Å². The van der Waals surface area contributed by atoms with Gasteiger partial charge in [0.1, 0.15) is 5.60 Å². The van der Waals surface area contributed by atoms with E-state index in [4.69, 9.17) is 4.74 Å². The van der Waals surface area contributed by atoms with Crippen LogP contribution in [0.3, 0.4) is 0 Å². The Morgan fingerprint density at radius 3 is 2.42 bits per heavy atom. The zero-order valence-corrected chi connectivity index (χ0v) is 11.7. The van der Waals surface area contributed by atoms with E-state index in [2.05, 4.69) is 0 Å². The molecule has 0 spiro atoms. The maximum atomic E-state index is 12.0. The number of ketones is 1. The summed E-state index contributed by atoms with van der Waals surface area (Å²) in [5, 5.41) is 0. The van der Waals surface area contributed by atoms with E-state index < -0.39 is 5.60 Å². The Balaban J connectivity index is 1.84. The Labute approximate surface area is 114 Å². The van der Waals surface area contributed by atoms with Crippen LogP contribution in [0.15, 0.2) is 30.3 Å². The van der Waals surface area contributed by atoms with Crippen molar-refractivity contribution in [3.63, 3.8) is 0 Å². The van der Waals surface area contributed by atoms with Gasteiger partial charge in [0.05, 0.1) is 5.92 Å². The van der Waals surface area contributed by atoms with E-state index >= 15 is 0 Å². The molecule has 19 heavy (non-hydrogen) atoms. The highest BCUT2D eigenvalue weighted by Crippen LogP contribution is 2.43. The molecule has 1 aromatic carbocycles. The van der Waals surface area contributed by atoms with Crippen LogP contribution in [-0.4, -0.2) is 17.4 Å². The van der Waals surface area contributed by atoms with E-state index in [0.717, 1.165) is 12.0 Å². The average molecular weight is 260 g/mol. The number of carbonyl (C=O) groups is 2. The van der Waals surface area contributed by atoms with Crippen LogP contribution in [0.2, 0.25) is 0 Å². The second kappa shape index (κ2) is 5.16. The van der Waals surface area contributed by atoms with Crippen molar-refractivity contribution in [3.05, 3.63) is 35.9 Å². The van der Waals surface area contributed by atoms with Crippen LogP contribution in [0.4, 0.5) is 0 Å². The van der Waals surface area contributed by atoms with E-state index in [9.17, 15) is 9.59 Å². The molecule has 102 valence electrons. The minimum Gasteiger partial charge on any atom is -0.460 e. The lowest BCUT2D eigenvalue weighted by molar-refractivity contribution is -0.156. The number of rotatable bonds is 4. The molecule has 3 heteroatoms. The quantitative estimate of drug-likeness (QED) is 0.616. The molecule has 0 saturated heterocycles. The molecule has 0 unspecified atom stereocenters. The van der Waals surface area contributed by atoms with E-state index in [1.165, 1.54) is 0 Å². The van der Waals surface area contributed by atoms with Crippen molar-refractivity contribution in [2.75, 3.05) is 0 Å². The summed E-state index contributed by atoms with van der Waals surface area (Å²) < 4.78 is 5.33. The fraction of sp³-hybridized carbons (Fsp3) is 0.500. The van der Waals surface area contributed by atoms with Gasteiger partial charge in [0, 0.05) is 12.0 Å². The molecular weight excluding hydrogens is 240 g/mol. The van der Waals surface area contributed by atoms with Gasteiger partial charge >= 0.3 is 5.97 Å². The first-order chi connectivity index (χ1) is 8.87. The highest BCUT2D eigenvalue weighted by atomic mass is 16.6. The third kappa shape index (κ3) is 3.91. The molecule has 1 aliphatic carbocycles. The second-order valence-corrected chi connectivity index (χ2v) is 6.13. The summed E-state index contributed by atoms with van der Waals surface area (Å²) in [4.78, 5) is 23.8. The molecule has 2 atom stereocenters. The summed E-state index contributed by atoms with van der Waals surface area (Å²) in [6.07, 6.45) is 1.21. The minimum absolute atomic E-state index is 0.0908. The van der Waals surface area contributed by atoms with Gasteiger partial charge in [-0.05, 0) is 33.1 Å². The van der Waals surface area contributed by atoms with Gasteiger partial charge < -0.3 is 4.74 Å². The molecular formula is C16H20O3. The topological polar surface area (TPSA) is 43.4 Å². The van der Waals surface area contributed by atoms with Crippen LogP contribution >= 0.6 is 0 Å². The smallest absolute Gasteiger partial charge is 0.309 e. The van der Waals surface area contributed by atoms with Crippen molar-refractivity contribution in [2.45, 2.75) is 39.2 Å². The maximum absolute atomic E-state index is 12.0. The number of benzene rings is 1. The number of esters is 1. The Morgan fingerprint density at radius 1 is 1.21 bits per heavy atom. The highest BCUT2D eigenvalue weighted by molar-refractivity contribution is 5.96. The lowest BCUT2D eigenvalue weighted by Crippen LogP contribution is -2.25. The normalized spacial score (nSPS) is 21.8. The van der Waals surface area contributed by atoms with Crippen LogP contribution in [0.1, 0.15) is 44.0 Å². The van der Waals surface area contributed by atoms with Gasteiger partial charge in [-0.25, -0.2) is 0 Å². The lowest BCUT2D eigenvalue weighted by Gasteiger charge is -2.19. The van der Waals surface area contributed by atoms with Gasteiger partial charge in [0.15, 0.2) is 5.78 Å². The molecule has 2 rings (SSSR count). The molecule has 0 amide bonds. The Morgan fingerprint density at radius 2 is 1.84 bits per heavy atom. The van der Waals surface area contributed by atoms with Crippen molar-refractivity contribution in [2.24, 2.45) is 11.8 Å². The first-order valence-electron chi connectivity index (χ1n) is 6.68.